The second-order valence-electron chi connectivity index (χ2n) is 4.79. The van der Waals surface area contributed by atoms with Crippen molar-refractivity contribution in [1.29, 1.82) is 0 Å². The lowest BCUT2D eigenvalue weighted by atomic mass is 10.3. The fourth-order valence-electron chi connectivity index (χ4n) is 2.64. The smallest absolute Gasteiger partial charge is 0.157 e. The van der Waals surface area contributed by atoms with E-state index in [1.165, 1.54) is 38.5 Å². The van der Waals surface area contributed by atoms with Gasteiger partial charge >= 0.3 is 0 Å². The summed E-state index contributed by atoms with van der Waals surface area (Å²) in [6.45, 7) is 1.10. The number of aromatic nitrogens is 2. The maximum atomic E-state index is 5.90. The number of hydrogen-bond acceptors (Lipinski definition) is 3. The molecule has 4 heteroatoms. The van der Waals surface area contributed by atoms with Crippen molar-refractivity contribution in [2.45, 2.75) is 50.8 Å². The van der Waals surface area contributed by atoms with Crippen LogP contribution in [0.2, 0.25) is 0 Å². The van der Waals surface area contributed by atoms with Crippen LogP contribution in [0.4, 0.5) is 0 Å². The molecule has 1 saturated heterocycles. The number of rotatable bonds is 3. The molecule has 0 amide bonds. The van der Waals surface area contributed by atoms with E-state index < -0.39 is 0 Å². The monoisotopic (exact) mass is 221 g/mol. The predicted molar refractivity (Wildman–Crippen MR) is 61.4 cm³/mol. The largest absolute Gasteiger partial charge is 0.487 e. The molecule has 1 saturated carbocycles. The van der Waals surface area contributed by atoms with Gasteiger partial charge in [0.2, 0.25) is 0 Å². The van der Waals surface area contributed by atoms with E-state index in [2.05, 4.69) is 10.4 Å². The molecule has 1 aromatic heterocycles. The Morgan fingerprint density at radius 2 is 2.12 bits per heavy atom. The molecule has 16 heavy (non-hydrogen) atoms. The molecular formula is C12H19N3O. The molecule has 2 heterocycles. The maximum absolute atomic E-state index is 5.90. The van der Waals surface area contributed by atoms with Crippen LogP contribution in [0.25, 0.3) is 0 Å². The Bertz CT molecular complexity index is 338. The van der Waals surface area contributed by atoms with Crippen molar-refractivity contribution in [3.63, 3.8) is 0 Å². The van der Waals surface area contributed by atoms with Crippen LogP contribution >= 0.6 is 0 Å². The summed E-state index contributed by atoms with van der Waals surface area (Å²) in [7, 11) is 0. The Morgan fingerprint density at radius 1 is 1.25 bits per heavy atom. The van der Waals surface area contributed by atoms with Gasteiger partial charge in [0.05, 0.1) is 18.5 Å². The van der Waals surface area contributed by atoms with E-state index in [4.69, 9.17) is 4.74 Å². The fourth-order valence-corrected chi connectivity index (χ4v) is 2.64. The molecule has 2 aliphatic rings. The lowest BCUT2D eigenvalue weighted by molar-refractivity contribution is 0.209. The first-order chi connectivity index (χ1) is 7.92. The SMILES string of the molecule is c1nn(C2CCCN2)cc1OC1CCCC1. The highest BCUT2D eigenvalue weighted by molar-refractivity contribution is 5.13. The van der Waals surface area contributed by atoms with Crippen LogP contribution in [0.3, 0.4) is 0 Å². The van der Waals surface area contributed by atoms with Gasteiger partial charge in [-0.05, 0) is 45.1 Å². The minimum Gasteiger partial charge on any atom is -0.487 e. The van der Waals surface area contributed by atoms with Crippen molar-refractivity contribution in [2.75, 3.05) is 6.54 Å². The molecule has 0 bridgehead atoms. The Morgan fingerprint density at radius 3 is 2.88 bits per heavy atom. The Hall–Kier alpha value is -1.03. The van der Waals surface area contributed by atoms with Crippen LogP contribution in [-0.4, -0.2) is 22.4 Å². The summed E-state index contributed by atoms with van der Waals surface area (Å²) in [5.41, 5.74) is 0. The molecule has 88 valence electrons. The van der Waals surface area contributed by atoms with E-state index in [0.29, 0.717) is 12.3 Å². The molecule has 1 aromatic rings. The summed E-state index contributed by atoms with van der Waals surface area (Å²) in [6.07, 6.45) is 12.1. The third kappa shape index (κ3) is 2.07. The van der Waals surface area contributed by atoms with E-state index in [1.54, 1.807) is 0 Å². The van der Waals surface area contributed by atoms with Gasteiger partial charge in [-0.1, -0.05) is 0 Å². The summed E-state index contributed by atoms with van der Waals surface area (Å²) < 4.78 is 7.90. The van der Waals surface area contributed by atoms with Crippen molar-refractivity contribution in [1.82, 2.24) is 15.1 Å². The van der Waals surface area contributed by atoms with E-state index in [1.807, 2.05) is 17.1 Å². The number of nitrogens with zero attached hydrogens (tertiary/aromatic N) is 2. The topological polar surface area (TPSA) is 39.1 Å². The molecule has 3 rings (SSSR count). The lowest BCUT2D eigenvalue weighted by Gasteiger charge is -2.11. The molecule has 1 N–H and O–H groups in total. The average molecular weight is 221 g/mol. The van der Waals surface area contributed by atoms with E-state index in [9.17, 15) is 0 Å². The highest BCUT2D eigenvalue weighted by atomic mass is 16.5. The van der Waals surface area contributed by atoms with Crippen molar-refractivity contribution >= 4 is 0 Å². The van der Waals surface area contributed by atoms with E-state index in [0.717, 1.165) is 12.3 Å². The van der Waals surface area contributed by atoms with Crippen molar-refractivity contribution in [3.8, 4) is 5.75 Å². The van der Waals surface area contributed by atoms with Crippen molar-refractivity contribution < 1.29 is 4.74 Å². The van der Waals surface area contributed by atoms with E-state index >= 15 is 0 Å². The average Bonchev–Trinajstić information content (AvgIpc) is 2.99. The number of nitrogens with one attached hydrogen (secondary N) is 1. The van der Waals surface area contributed by atoms with Gasteiger partial charge in [0.25, 0.3) is 0 Å². The van der Waals surface area contributed by atoms with Crippen LogP contribution in [0.5, 0.6) is 5.75 Å². The van der Waals surface area contributed by atoms with Gasteiger partial charge in [-0.3, -0.25) is 10.00 Å². The van der Waals surface area contributed by atoms with E-state index in [-0.39, 0.29) is 0 Å². The van der Waals surface area contributed by atoms with Gasteiger partial charge in [-0.15, -0.1) is 0 Å². The van der Waals surface area contributed by atoms with Crippen LogP contribution in [-0.2, 0) is 0 Å². The second kappa shape index (κ2) is 4.45. The highest BCUT2D eigenvalue weighted by Gasteiger charge is 2.19. The molecule has 1 unspecified atom stereocenters. The lowest BCUT2D eigenvalue weighted by Crippen LogP contribution is -2.20. The zero-order valence-corrected chi connectivity index (χ0v) is 9.56. The minimum atomic E-state index is 0.376. The number of ether oxygens (including phenoxy) is 1. The standard InChI is InChI=1S/C12H19N3O/c1-2-5-10(4-1)16-11-8-14-15(9-11)12-6-3-7-13-12/h8-10,12-13H,1-7H2. The van der Waals surface area contributed by atoms with Gasteiger partial charge in [0.15, 0.2) is 5.75 Å². The second-order valence-corrected chi connectivity index (χ2v) is 4.79. The Labute approximate surface area is 96.0 Å². The van der Waals surface area contributed by atoms with Crippen molar-refractivity contribution in [2.24, 2.45) is 0 Å². The Kier molecular flexibility index (Phi) is 2.82. The highest BCUT2D eigenvalue weighted by Crippen LogP contribution is 2.25. The zero-order valence-electron chi connectivity index (χ0n) is 9.56. The first-order valence-electron chi connectivity index (χ1n) is 6.36. The molecule has 1 aliphatic carbocycles. The summed E-state index contributed by atoms with van der Waals surface area (Å²) in [5, 5.41) is 7.79. The first-order valence-corrected chi connectivity index (χ1v) is 6.36. The molecule has 2 fully saturated rings. The van der Waals surface area contributed by atoms with Gasteiger partial charge in [-0.25, -0.2) is 0 Å². The molecular weight excluding hydrogens is 202 g/mol. The maximum Gasteiger partial charge on any atom is 0.157 e. The molecule has 1 aliphatic heterocycles. The predicted octanol–water partition coefficient (Wildman–Crippen LogP) is 2.09. The van der Waals surface area contributed by atoms with Crippen LogP contribution < -0.4 is 10.1 Å². The third-order valence-electron chi connectivity index (χ3n) is 3.54. The molecule has 4 nitrogen and oxygen atoms in total. The van der Waals surface area contributed by atoms with Gasteiger partial charge in [-0.2, -0.15) is 5.10 Å². The molecule has 0 spiro atoms. The molecule has 1 atom stereocenters. The zero-order chi connectivity index (χ0) is 10.8. The fraction of sp³-hybridized carbons (Fsp3) is 0.750. The quantitative estimate of drug-likeness (QED) is 0.849. The number of hydrogen-bond donors (Lipinski definition) is 1. The van der Waals surface area contributed by atoms with Gasteiger partial charge in [0, 0.05) is 0 Å². The summed E-state index contributed by atoms with van der Waals surface area (Å²) in [6, 6.07) is 0. The normalized spacial score (nSPS) is 26.4. The summed E-state index contributed by atoms with van der Waals surface area (Å²) in [5.74, 6) is 0.931. The van der Waals surface area contributed by atoms with Crippen molar-refractivity contribution in [3.05, 3.63) is 12.4 Å². The summed E-state index contributed by atoms with van der Waals surface area (Å²) >= 11 is 0. The van der Waals surface area contributed by atoms with Crippen LogP contribution in [0.15, 0.2) is 12.4 Å². The Balaban J connectivity index is 1.62. The summed E-state index contributed by atoms with van der Waals surface area (Å²) in [4.78, 5) is 0. The molecule has 0 aromatic carbocycles. The first kappa shape index (κ1) is 10.1. The van der Waals surface area contributed by atoms with Crippen LogP contribution in [0, 0.1) is 0 Å². The van der Waals surface area contributed by atoms with Crippen LogP contribution in [0.1, 0.15) is 44.7 Å². The minimum absolute atomic E-state index is 0.376. The van der Waals surface area contributed by atoms with Gasteiger partial charge in [0.1, 0.15) is 6.17 Å². The molecule has 0 radical (unpaired) electrons. The van der Waals surface area contributed by atoms with Gasteiger partial charge < -0.3 is 4.74 Å². The third-order valence-corrected chi connectivity index (χ3v) is 3.54.